The van der Waals surface area contributed by atoms with Crippen molar-refractivity contribution in [1.82, 2.24) is 0 Å². The summed E-state index contributed by atoms with van der Waals surface area (Å²) in [6.45, 7) is 20.8. The fourth-order valence-electron chi connectivity index (χ4n) is 1.54. The molecule has 0 heterocycles. The maximum absolute atomic E-state index is 5.09. The quantitative estimate of drug-likeness (QED) is 0.738. The molecule has 1 aromatic rings. The molecule has 0 radical (unpaired) electrons. The van der Waals surface area contributed by atoms with E-state index in [0.29, 0.717) is 5.04 Å². The first-order valence-corrected chi connectivity index (χ1v) is 13.5. The molecule has 4 heteroatoms. The van der Waals surface area contributed by atoms with Gasteiger partial charge in [-0.2, -0.15) is 0 Å². The van der Waals surface area contributed by atoms with Crippen LogP contribution in [-0.2, 0) is 0 Å². The molecule has 0 bridgehead atoms. The van der Waals surface area contributed by atoms with Crippen LogP contribution in [0.1, 0.15) is 26.3 Å². The minimum Gasteiger partial charge on any atom is -0.667 e. The van der Waals surface area contributed by atoms with Crippen molar-refractivity contribution in [1.29, 1.82) is 0 Å². The van der Waals surface area contributed by atoms with E-state index in [4.69, 9.17) is 4.65 Å². The molecule has 0 saturated carbocycles. The van der Waals surface area contributed by atoms with Gasteiger partial charge in [-0.05, 0) is 6.92 Å². The molecule has 0 aliphatic rings. The van der Waals surface area contributed by atoms with Gasteiger partial charge in [-0.25, -0.2) is 0 Å². The molecule has 0 aromatic heterocycles. The summed E-state index contributed by atoms with van der Waals surface area (Å²) in [5, 5.41) is 0.410. The minimum absolute atomic E-state index is 0. The maximum atomic E-state index is 5.09. The van der Waals surface area contributed by atoms with E-state index in [0.717, 1.165) is 0 Å². The molecule has 0 saturated heterocycles. The van der Waals surface area contributed by atoms with E-state index in [1.165, 1.54) is 5.56 Å². The third kappa shape index (κ3) is 10.9. The molecule has 0 aliphatic carbocycles. The molecular weight excluding hydrogens is 301 g/mol. The maximum Gasteiger partial charge on any atom is 1.00 e. The first-order valence-electron chi connectivity index (χ1n) is 7.11. The molecule has 1 rings (SSSR count). The van der Waals surface area contributed by atoms with Crippen molar-refractivity contribution in [2.45, 2.75) is 65.5 Å². The Balaban J connectivity index is 0. The number of benzene rings is 1. The van der Waals surface area contributed by atoms with Crippen LogP contribution in [0.4, 0.5) is 0 Å². The fourth-order valence-corrected chi connectivity index (χ4v) is 9.59. The molecule has 0 spiro atoms. The second-order valence-corrected chi connectivity index (χ2v) is 17.6. The predicted molar refractivity (Wildman–Crippen MR) is 95.1 cm³/mol. The Labute approximate surface area is 171 Å². The second-order valence-electron chi connectivity index (χ2n) is 7.75. The summed E-state index contributed by atoms with van der Waals surface area (Å²) in [6.07, 6.45) is 0. The van der Waals surface area contributed by atoms with E-state index in [1.54, 1.807) is 0 Å². The summed E-state index contributed by atoms with van der Waals surface area (Å²) in [5.41, 5.74) is 1.32. The summed E-state index contributed by atoms with van der Waals surface area (Å²) < 4.78 is 5.09. The van der Waals surface area contributed by atoms with Gasteiger partial charge in [0.25, 0.3) is 0 Å². The Hall–Kier alpha value is 1.25. The molecule has 0 atom stereocenters. The SMILES string of the molecule is CC(C)(C)[Si](C)(C)[N-][Si](C)(C)C.Cc1ccccc1.[K+]. The summed E-state index contributed by atoms with van der Waals surface area (Å²) in [5.74, 6) is 0. The van der Waals surface area contributed by atoms with Gasteiger partial charge in [0, 0.05) is 0 Å². The molecule has 1 nitrogen and oxygen atoms in total. The van der Waals surface area contributed by atoms with Gasteiger partial charge in [0.1, 0.15) is 0 Å². The molecular formula is C16H32KNSi2. The average molecular weight is 334 g/mol. The second kappa shape index (κ2) is 9.40. The summed E-state index contributed by atoms with van der Waals surface area (Å²) in [4.78, 5) is 0. The van der Waals surface area contributed by atoms with Crippen LogP contribution < -0.4 is 51.4 Å². The Morgan fingerprint density at radius 3 is 1.40 bits per heavy atom. The van der Waals surface area contributed by atoms with Gasteiger partial charge in [-0.15, -0.1) is 0 Å². The summed E-state index contributed by atoms with van der Waals surface area (Å²) >= 11 is 0. The van der Waals surface area contributed by atoms with Crippen molar-refractivity contribution >= 4 is 16.5 Å². The van der Waals surface area contributed by atoms with Gasteiger partial charge >= 0.3 is 51.4 Å². The van der Waals surface area contributed by atoms with E-state index in [-0.39, 0.29) is 51.4 Å². The van der Waals surface area contributed by atoms with Crippen molar-refractivity contribution in [3.05, 3.63) is 40.5 Å². The van der Waals surface area contributed by atoms with Gasteiger partial charge in [0.2, 0.25) is 0 Å². The number of hydrogen-bond acceptors (Lipinski definition) is 0. The van der Waals surface area contributed by atoms with Gasteiger partial charge < -0.3 is 4.65 Å². The van der Waals surface area contributed by atoms with Crippen molar-refractivity contribution in [2.24, 2.45) is 0 Å². The summed E-state index contributed by atoms with van der Waals surface area (Å²) in [6, 6.07) is 10.3. The molecule has 0 unspecified atom stereocenters. The van der Waals surface area contributed by atoms with Gasteiger partial charge in [-0.1, -0.05) is 111 Å². The Kier molecular flexibility index (Phi) is 11.1. The smallest absolute Gasteiger partial charge is 0.667 e. The van der Waals surface area contributed by atoms with Crippen LogP contribution in [0.2, 0.25) is 37.8 Å². The van der Waals surface area contributed by atoms with Crippen LogP contribution in [-0.4, -0.2) is 16.5 Å². The first kappa shape index (κ1) is 23.5. The normalized spacial score (nSPS) is 12.1. The van der Waals surface area contributed by atoms with E-state index >= 15 is 0 Å². The third-order valence-electron chi connectivity index (χ3n) is 3.39. The monoisotopic (exact) mass is 333 g/mol. The van der Waals surface area contributed by atoms with Crippen LogP contribution in [0.25, 0.3) is 4.65 Å². The van der Waals surface area contributed by atoms with E-state index in [1.807, 2.05) is 18.2 Å². The Morgan fingerprint density at radius 1 is 0.850 bits per heavy atom. The van der Waals surface area contributed by atoms with Crippen LogP contribution in [0.3, 0.4) is 0 Å². The largest absolute Gasteiger partial charge is 1.00 e. The molecule has 110 valence electrons. The summed E-state index contributed by atoms with van der Waals surface area (Å²) in [7, 11) is -2.57. The topological polar surface area (TPSA) is 14.1 Å². The van der Waals surface area contributed by atoms with Gasteiger partial charge in [0.05, 0.1) is 0 Å². The zero-order chi connectivity index (χ0) is 15.3. The molecule has 1 aromatic carbocycles. The number of nitrogens with zero attached hydrogens (tertiary/aromatic N) is 1. The molecule has 0 N–H and O–H groups in total. The van der Waals surface area contributed by atoms with Gasteiger partial charge in [0.15, 0.2) is 0 Å². The van der Waals surface area contributed by atoms with Crippen molar-refractivity contribution < 1.29 is 51.4 Å². The third-order valence-corrected chi connectivity index (χ3v) is 12.0. The predicted octanol–water partition coefficient (Wildman–Crippen LogP) is 3.20. The van der Waals surface area contributed by atoms with Crippen LogP contribution in [0.15, 0.2) is 30.3 Å². The Bertz CT molecular complexity index is 364. The minimum atomic E-state index is -1.35. The molecule has 20 heavy (non-hydrogen) atoms. The van der Waals surface area contributed by atoms with E-state index in [2.05, 4.69) is 72.6 Å². The van der Waals surface area contributed by atoms with Crippen LogP contribution >= 0.6 is 0 Å². The van der Waals surface area contributed by atoms with E-state index < -0.39 is 16.5 Å². The molecule has 0 amide bonds. The average Bonchev–Trinajstić information content (AvgIpc) is 2.14. The van der Waals surface area contributed by atoms with Crippen LogP contribution in [0.5, 0.6) is 0 Å². The van der Waals surface area contributed by atoms with Gasteiger partial charge in [-0.3, -0.25) is 0 Å². The fraction of sp³-hybridized carbons (Fsp3) is 0.625. The number of rotatable bonds is 2. The number of hydrogen-bond donors (Lipinski definition) is 0. The molecule has 0 fully saturated rings. The number of aryl methyl sites for hydroxylation is 1. The van der Waals surface area contributed by atoms with E-state index in [9.17, 15) is 0 Å². The van der Waals surface area contributed by atoms with Crippen molar-refractivity contribution in [2.75, 3.05) is 0 Å². The standard InChI is InChI=1S/C9H24NSi2.C7H8.K/c1-9(2,3)12(7,8)10-11(4,5)6;1-7-5-3-2-4-6-7;/h1-8H3;2-6H,1H3;/q-1;;+1. The molecule has 0 aliphatic heterocycles. The van der Waals surface area contributed by atoms with Crippen LogP contribution in [0, 0.1) is 6.92 Å². The Morgan fingerprint density at radius 2 is 1.25 bits per heavy atom. The zero-order valence-electron chi connectivity index (χ0n) is 15.3. The van der Waals surface area contributed by atoms with Crippen molar-refractivity contribution in [3.8, 4) is 0 Å². The first-order chi connectivity index (χ1) is 8.35. The zero-order valence-corrected chi connectivity index (χ0v) is 20.5. The van der Waals surface area contributed by atoms with Crippen molar-refractivity contribution in [3.63, 3.8) is 0 Å².